The third-order valence-corrected chi connectivity index (χ3v) is 2.50. The Bertz CT molecular complexity index is 405. The molecule has 1 rings (SSSR count). The zero-order chi connectivity index (χ0) is 13.0. The Labute approximate surface area is 98.3 Å². The number of rotatable bonds is 5. The van der Waals surface area contributed by atoms with E-state index in [1.807, 2.05) is 0 Å². The van der Waals surface area contributed by atoms with E-state index in [4.69, 9.17) is 5.11 Å². The summed E-state index contributed by atoms with van der Waals surface area (Å²) in [6.07, 6.45) is -2.67. The van der Waals surface area contributed by atoms with Gasteiger partial charge < -0.3 is 15.3 Å². The zero-order valence-corrected chi connectivity index (χ0v) is 9.43. The van der Waals surface area contributed by atoms with E-state index in [0.29, 0.717) is 0 Å². The highest BCUT2D eigenvalue weighted by Crippen LogP contribution is 2.24. The van der Waals surface area contributed by atoms with Gasteiger partial charge in [0.1, 0.15) is 11.9 Å². The quantitative estimate of drug-likeness (QED) is 0.667. The Balaban J connectivity index is 3.10. The Morgan fingerprint density at radius 3 is 2.59 bits per heavy atom. The van der Waals surface area contributed by atoms with Crippen molar-refractivity contribution in [1.82, 2.24) is 0 Å². The summed E-state index contributed by atoms with van der Waals surface area (Å²) in [4.78, 5) is 11.3. The van der Waals surface area contributed by atoms with Crippen molar-refractivity contribution in [3.8, 4) is 0 Å². The molecule has 0 bridgehead atoms. The predicted octanol–water partition coefficient (Wildman–Crippen LogP) is 0.805. The monoisotopic (exact) mass is 242 g/mol. The van der Waals surface area contributed by atoms with Crippen molar-refractivity contribution >= 4 is 5.78 Å². The summed E-state index contributed by atoms with van der Waals surface area (Å²) in [6.45, 7) is 0.991. The first kappa shape index (κ1) is 13.8. The van der Waals surface area contributed by atoms with Crippen LogP contribution in [0.1, 0.15) is 35.4 Å². The van der Waals surface area contributed by atoms with Gasteiger partial charge in [0.05, 0.1) is 6.10 Å². The maximum absolute atomic E-state index is 13.1. The first-order chi connectivity index (χ1) is 7.97. The Kier molecular flexibility index (Phi) is 4.74. The second-order valence-electron chi connectivity index (χ2n) is 3.81. The van der Waals surface area contributed by atoms with Crippen LogP contribution in [0.15, 0.2) is 18.2 Å². The lowest BCUT2D eigenvalue weighted by atomic mass is 9.95. The van der Waals surface area contributed by atoms with Crippen molar-refractivity contribution < 1.29 is 24.5 Å². The summed E-state index contributed by atoms with van der Waals surface area (Å²) in [7, 11) is 0. The van der Waals surface area contributed by atoms with Crippen LogP contribution in [0, 0.1) is 5.82 Å². The predicted molar refractivity (Wildman–Crippen MR) is 59.1 cm³/mol. The summed E-state index contributed by atoms with van der Waals surface area (Å²) in [6, 6.07) is 3.40. The molecule has 0 amide bonds. The summed E-state index contributed by atoms with van der Waals surface area (Å²) in [5, 5.41) is 28.0. The second-order valence-corrected chi connectivity index (χ2v) is 3.81. The maximum atomic E-state index is 13.1. The van der Waals surface area contributed by atoms with Crippen LogP contribution < -0.4 is 0 Å². The van der Waals surface area contributed by atoms with Crippen LogP contribution in [0.25, 0.3) is 0 Å². The molecule has 0 saturated carbocycles. The fourth-order valence-corrected chi connectivity index (χ4v) is 1.60. The van der Waals surface area contributed by atoms with E-state index in [-0.39, 0.29) is 29.9 Å². The normalized spacial score (nSPS) is 14.4. The topological polar surface area (TPSA) is 77.8 Å². The van der Waals surface area contributed by atoms with Crippen LogP contribution in [0.2, 0.25) is 0 Å². The molecule has 0 radical (unpaired) electrons. The van der Waals surface area contributed by atoms with Gasteiger partial charge in [-0.05, 0) is 37.1 Å². The molecule has 0 aliphatic heterocycles. The van der Waals surface area contributed by atoms with Crippen molar-refractivity contribution in [3.05, 3.63) is 35.1 Å². The second kappa shape index (κ2) is 5.86. The van der Waals surface area contributed by atoms with E-state index in [2.05, 4.69) is 0 Å². The van der Waals surface area contributed by atoms with Crippen LogP contribution >= 0.6 is 0 Å². The standard InChI is InChI=1S/C12H15FO4/c1-7(15)9-3-2-8(13)6-10(9)12(17)11(16)4-5-14/h2-3,6,11-12,14,16-17H,4-5H2,1H3. The van der Waals surface area contributed by atoms with Crippen LogP contribution in [0.3, 0.4) is 0 Å². The van der Waals surface area contributed by atoms with Gasteiger partial charge in [-0.25, -0.2) is 4.39 Å². The first-order valence-corrected chi connectivity index (χ1v) is 5.24. The van der Waals surface area contributed by atoms with Gasteiger partial charge in [0.2, 0.25) is 0 Å². The number of aliphatic hydroxyl groups excluding tert-OH is 3. The lowest BCUT2D eigenvalue weighted by Gasteiger charge is -2.19. The van der Waals surface area contributed by atoms with Gasteiger partial charge in [0.15, 0.2) is 5.78 Å². The van der Waals surface area contributed by atoms with E-state index in [1.54, 1.807) is 0 Å². The van der Waals surface area contributed by atoms with E-state index < -0.39 is 18.0 Å². The first-order valence-electron chi connectivity index (χ1n) is 5.24. The number of carbonyl (C=O) groups is 1. The molecule has 2 unspecified atom stereocenters. The molecule has 17 heavy (non-hydrogen) atoms. The van der Waals surface area contributed by atoms with Gasteiger partial charge >= 0.3 is 0 Å². The molecule has 0 spiro atoms. The SMILES string of the molecule is CC(=O)c1ccc(F)cc1C(O)C(O)CCO. The van der Waals surface area contributed by atoms with Crippen LogP contribution in [-0.4, -0.2) is 33.8 Å². The molecule has 1 aromatic rings. The lowest BCUT2D eigenvalue weighted by molar-refractivity contribution is 0.00373. The highest BCUT2D eigenvalue weighted by Gasteiger charge is 2.22. The molecule has 0 saturated heterocycles. The maximum Gasteiger partial charge on any atom is 0.160 e. The fourth-order valence-electron chi connectivity index (χ4n) is 1.60. The molecule has 3 N–H and O–H groups in total. The van der Waals surface area contributed by atoms with Crippen LogP contribution in [0.5, 0.6) is 0 Å². The number of aliphatic hydroxyl groups is 3. The molecule has 0 aromatic heterocycles. The van der Waals surface area contributed by atoms with Crippen molar-refractivity contribution in [2.75, 3.05) is 6.61 Å². The average molecular weight is 242 g/mol. The van der Waals surface area contributed by atoms with Crippen molar-refractivity contribution in [1.29, 1.82) is 0 Å². The minimum absolute atomic E-state index is 0.0402. The number of Topliss-reactive ketones (excluding diaryl/α,β-unsaturated/α-hetero) is 1. The number of ketones is 1. The minimum atomic E-state index is -1.39. The summed E-state index contributed by atoms with van der Waals surface area (Å²) in [5.41, 5.74) is 0.203. The number of halogens is 1. The molecule has 94 valence electrons. The molecular weight excluding hydrogens is 227 g/mol. The molecule has 0 heterocycles. The number of carbonyl (C=O) groups excluding carboxylic acids is 1. The molecule has 1 aromatic carbocycles. The largest absolute Gasteiger partial charge is 0.396 e. The van der Waals surface area contributed by atoms with Gasteiger partial charge in [-0.2, -0.15) is 0 Å². The van der Waals surface area contributed by atoms with E-state index in [1.165, 1.54) is 13.0 Å². The Morgan fingerprint density at radius 1 is 1.41 bits per heavy atom. The molecular formula is C12H15FO4. The molecule has 5 heteroatoms. The van der Waals surface area contributed by atoms with Gasteiger partial charge in [0.25, 0.3) is 0 Å². The van der Waals surface area contributed by atoms with Crippen LogP contribution in [0.4, 0.5) is 4.39 Å². The fraction of sp³-hybridized carbons (Fsp3) is 0.417. The molecule has 4 nitrogen and oxygen atoms in total. The van der Waals surface area contributed by atoms with Gasteiger partial charge in [-0.15, -0.1) is 0 Å². The Hall–Kier alpha value is -1.30. The van der Waals surface area contributed by atoms with Crippen molar-refractivity contribution in [2.45, 2.75) is 25.6 Å². The third-order valence-electron chi connectivity index (χ3n) is 2.50. The number of benzene rings is 1. The highest BCUT2D eigenvalue weighted by atomic mass is 19.1. The van der Waals surface area contributed by atoms with Crippen molar-refractivity contribution in [2.24, 2.45) is 0 Å². The van der Waals surface area contributed by atoms with Crippen molar-refractivity contribution in [3.63, 3.8) is 0 Å². The minimum Gasteiger partial charge on any atom is -0.396 e. The summed E-state index contributed by atoms with van der Waals surface area (Å²) in [5.74, 6) is -0.921. The summed E-state index contributed by atoms with van der Waals surface area (Å²) < 4.78 is 13.1. The van der Waals surface area contributed by atoms with E-state index in [9.17, 15) is 19.4 Å². The average Bonchev–Trinajstić information content (AvgIpc) is 2.27. The van der Waals surface area contributed by atoms with Gasteiger partial charge in [-0.3, -0.25) is 4.79 Å². The molecule has 2 atom stereocenters. The van der Waals surface area contributed by atoms with Crippen LogP contribution in [-0.2, 0) is 0 Å². The zero-order valence-electron chi connectivity index (χ0n) is 9.43. The molecule has 0 aliphatic carbocycles. The van der Waals surface area contributed by atoms with Gasteiger partial charge in [0, 0.05) is 12.2 Å². The molecule has 0 fully saturated rings. The van der Waals surface area contributed by atoms with E-state index >= 15 is 0 Å². The van der Waals surface area contributed by atoms with Gasteiger partial charge in [-0.1, -0.05) is 0 Å². The lowest BCUT2D eigenvalue weighted by Crippen LogP contribution is -2.21. The number of hydrogen-bond acceptors (Lipinski definition) is 4. The van der Waals surface area contributed by atoms with E-state index in [0.717, 1.165) is 12.1 Å². The smallest absolute Gasteiger partial charge is 0.160 e. The molecule has 0 aliphatic rings. The third kappa shape index (κ3) is 3.33. The number of hydrogen-bond donors (Lipinski definition) is 3. The summed E-state index contributed by atoms with van der Waals surface area (Å²) >= 11 is 0. The Morgan fingerprint density at radius 2 is 2.06 bits per heavy atom. The highest BCUT2D eigenvalue weighted by molar-refractivity contribution is 5.95.